The summed E-state index contributed by atoms with van der Waals surface area (Å²) in [6.07, 6.45) is 0. The first kappa shape index (κ1) is 13.5. The van der Waals surface area contributed by atoms with E-state index in [0.717, 1.165) is 5.56 Å². The van der Waals surface area contributed by atoms with Crippen molar-refractivity contribution < 1.29 is 9.53 Å². The van der Waals surface area contributed by atoms with Crippen LogP contribution in [0, 0.1) is 0 Å². The number of carbonyl (C=O) groups excluding carboxylic acids is 1. The predicted molar refractivity (Wildman–Crippen MR) is 71.7 cm³/mol. The molecule has 0 bridgehead atoms. The van der Waals surface area contributed by atoms with Crippen LogP contribution in [0.3, 0.4) is 0 Å². The average Bonchev–Trinajstić information content (AvgIpc) is 2.27. The van der Waals surface area contributed by atoms with E-state index in [4.69, 9.17) is 4.74 Å². The van der Waals surface area contributed by atoms with Crippen LogP contribution in [-0.4, -0.2) is 12.6 Å². The Hall–Kier alpha value is -0.610. The van der Waals surface area contributed by atoms with Crippen LogP contribution in [-0.2, 0) is 12.8 Å². The molecule has 0 spiro atoms. The number of ether oxygens (including phenoxy) is 1. The number of benzene rings is 1. The minimum Gasteiger partial charge on any atom is -0.460 e. The topological polar surface area (TPSA) is 26.3 Å². The fourth-order valence-corrected chi connectivity index (χ4v) is 1.80. The maximum absolute atomic E-state index is 11.3. The summed E-state index contributed by atoms with van der Waals surface area (Å²) in [6, 6.07) is 9.66. The molecule has 0 amide bonds. The third kappa shape index (κ3) is 3.76. The molecule has 0 atom stereocenters. The van der Waals surface area contributed by atoms with Crippen molar-refractivity contribution in [1.29, 1.82) is 0 Å². The van der Waals surface area contributed by atoms with Gasteiger partial charge in [0.15, 0.2) is 0 Å². The van der Waals surface area contributed by atoms with Crippen molar-refractivity contribution in [3.63, 3.8) is 0 Å². The van der Waals surface area contributed by atoms with Crippen LogP contribution in [0.5, 0.6) is 0 Å². The molecular formula is C12H12Br2O2. The molecule has 0 aliphatic heterocycles. The van der Waals surface area contributed by atoms with Crippen molar-refractivity contribution in [3.8, 4) is 0 Å². The lowest BCUT2D eigenvalue weighted by Crippen LogP contribution is -2.20. The highest BCUT2D eigenvalue weighted by Crippen LogP contribution is 2.38. The van der Waals surface area contributed by atoms with Gasteiger partial charge in [0.2, 0.25) is 0 Å². The number of hydrogen-bond donors (Lipinski definition) is 0. The number of hydrogen-bond acceptors (Lipinski definition) is 2. The van der Waals surface area contributed by atoms with Gasteiger partial charge in [0.25, 0.3) is 0 Å². The van der Waals surface area contributed by atoms with Crippen LogP contribution in [0.25, 0.3) is 0 Å². The maximum Gasteiger partial charge on any atom is 0.333 e. The maximum atomic E-state index is 11.3. The highest BCUT2D eigenvalue weighted by atomic mass is 79.9. The summed E-state index contributed by atoms with van der Waals surface area (Å²) >= 11 is 6.96. The van der Waals surface area contributed by atoms with Crippen LogP contribution < -0.4 is 0 Å². The number of carbonyl (C=O) groups is 1. The summed E-state index contributed by atoms with van der Waals surface area (Å²) < 4.78 is 4.54. The van der Waals surface area contributed by atoms with Crippen LogP contribution in [0.4, 0.5) is 0 Å². The molecule has 0 radical (unpaired) electrons. The summed E-state index contributed by atoms with van der Waals surface area (Å²) in [5.74, 6) is -0.390. The second kappa shape index (κ2) is 5.64. The van der Waals surface area contributed by atoms with Crippen LogP contribution in [0.1, 0.15) is 12.5 Å². The molecule has 1 aromatic rings. The zero-order valence-corrected chi connectivity index (χ0v) is 12.0. The van der Waals surface area contributed by atoms with E-state index in [-0.39, 0.29) is 12.6 Å². The molecule has 0 aliphatic carbocycles. The van der Waals surface area contributed by atoms with Crippen molar-refractivity contribution >= 4 is 37.8 Å². The van der Waals surface area contributed by atoms with Gasteiger partial charge in [0.05, 0.1) is 0 Å². The van der Waals surface area contributed by atoms with Crippen LogP contribution in [0.15, 0.2) is 42.5 Å². The molecule has 0 saturated heterocycles. The summed E-state index contributed by atoms with van der Waals surface area (Å²) in [5.41, 5.74) is 1.38. The predicted octanol–water partition coefficient (Wildman–Crippen LogP) is 3.75. The largest absolute Gasteiger partial charge is 0.460 e. The Morgan fingerprint density at radius 1 is 1.38 bits per heavy atom. The summed E-state index contributed by atoms with van der Waals surface area (Å²) in [7, 11) is 0. The van der Waals surface area contributed by atoms with E-state index in [1.54, 1.807) is 6.92 Å². The molecular weight excluding hydrogens is 336 g/mol. The van der Waals surface area contributed by atoms with E-state index in [2.05, 4.69) is 38.4 Å². The van der Waals surface area contributed by atoms with Gasteiger partial charge in [0.1, 0.15) is 9.84 Å². The molecule has 1 aromatic carbocycles. The van der Waals surface area contributed by atoms with Crippen molar-refractivity contribution in [2.75, 3.05) is 6.61 Å². The quantitative estimate of drug-likeness (QED) is 0.471. The molecule has 0 saturated carbocycles. The average molecular weight is 348 g/mol. The van der Waals surface area contributed by atoms with Crippen molar-refractivity contribution in [3.05, 3.63) is 48.0 Å². The standard InChI is InChI=1S/C12H12Br2O2/c1-9(2)11(15)16-8-12(13,14)10-6-4-3-5-7-10/h3-7H,1,8H2,2H3. The van der Waals surface area contributed by atoms with Gasteiger partial charge in [0, 0.05) is 5.57 Å². The fourth-order valence-electron chi connectivity index (χ4n) is 1.04. The number of esters is 1. The van der Waals surface area contributed by atoms with Crippen molar-refractivity contribution in [2.24, 2.45) is 0 Å². The van der Waals surface area contributed by atoms with E-state index in [9.17, 15) is 4.79 Å². The SMILES string of the molecule is C=C(C)C(=O)OCC(Br)(Br)c1ccccc1. The van der Waals surface area contributed by atoms with E-state index in [1.807, 2.05) is 30.3 Å². The Balaban J connectivity index is 2.66. The van der Waals surface area contributed by atoms with Gasteiger partial charge in [-0.25, -0.2) is 4.79 Å². The lowest BCUT2D eigenvalue weighted by atomic mass is 10.2. The molecule has 0 N–H and O–H groups in total. The summed E-state index contributed by atoms with van der Waals surface area (Å²) in [6.45, 7) is 5.34. The van der Waals surface area contributed by atoms with E-state index >= 15 is 0 Å². The highest BCUT2D eigenvalue weighted by molar-refractivity contribution is 9.24. The first-order valence-corrected chi connectivity index (χ1v) is 6.28. The first-order chi connectivity index (χ1) is 7.43. The third-order valence-electron chi connectivity index (χ3n) is 1.93. The van der Waals surface area contributed by atoms with Crippen molar-refractivity contribution in [1.82, 2.24) is 0 Å². The van der Waals surface area contributed by atoms with Crippen LogP contribution >= 0.6 is 31.9 Å². The Labute approximate surface area is 112 Å². The molecule has 1 rings (SSSR count). The minimum atomic E-state index is -0.549. The molecule has 0 aliphatic rings. The van der Waals surface area contributed by atoms with E-state index in [1.165, 1.54) is 0 Å². The van der Waals surface area contributed by atoms with Crippen molar-refractivity contribution in [2.45, 2.75) is 10.2 Å². The lowest BCUT2D eigenvalue weighted by molar-refractivity contribution is -0.139. The molecule has 16 heavy (non-hydrogen) atoms. The summed E-state index contributed by atoms with van der Waals surface area (Å²) in [5, 5.41) is 0. The molecule has 86 valence electrons. The van der Waals surface area contributed by atoms with E-state index < -0.39 is 3.23 Å². The molecule has 0 unspecified atom stereocenters. The van der Waals surface area contributed by atoms with Gasteiger partial charge in [-0.15, -0.1) is 0 Å². The Morgan fingerprint density at radius 2 is 1.94 bits per heavy atom. The number of rotatable bonds is 4. The van der Waals surface area contributed by atoms with Gasteiger partial charge < -0.3 is 4.74 Å². The molecule has 2 nitrogen and oxygen atoms in total. The molecule has 4 heteroatoms. The highest BCUT2D eigenvalue weighted by Gasteiger charge is 2.27. The Morgan fingerprint density at radius 3 is 2.44 bits per heavy atom. The Kier molecular flexibility index (Phi) is 4.74. The van der Waals surface area contributed by atoms with Gasteiger partial charge >= 0.3 is 5.97 Å². The lowest BCUT2D eigenvalue weighted by Gasteiger charge is -2.20. The zero-order chi connectivity index (χ0) is 12.2. The smallest absolute Gasteiger partial charge is 0.333 e. The minimum absolute atomic E-state index is 0.197. The first-order valence-electron chi connectivity index (χ1n) is 4.69. The number of halogens is 2. The monoisotopic (exact) mass is 346 g/mol. The fraction of sp³-hybridized carbons (Fsp3) is 0.250. The second-order valence-corrected chi connectivity index (χ2v) is 7.20. The molecule has 0 fully saturated rings. The third-order valence-corrected chi connectivity index (χ3v) is 3.30. The second-order valence-electron chi connectivity index (χ2n) is 3.43. The van der Waals surface area contributed by atoms with Gasteiger partial charge in [-0.3, -0.25) is 0 Å². The molecule has 0 aromatic heterocycles. The summed E-state index contributed by atoms with van der Waals surface area (Å²) in [4.78, 5) is 11.3. The zero-order valence-electron chi connectivity index (χ0n) is 8.87. The van der Waals surface area contributed by atoms with Gasteiger partial charge in [-0.2, -0.15) is 0 Å². The normalized spacial score (nSPS) is 10.9. The number of alkyl halides is 2. The Bertz CT molecular complexity index is 385. The van der Waals surface area contributed by atoms with Crippen LogP contribution in [0.2, 0.25) is 0 Å². The van der Waals surface area contributed by atoms with Gasteiger partial charge in [-0.1, -0.05) is 68.8 Å². The molecule has 0 heterocycles. The van der Waals surface area contributed by atoms with Gasteiger partial charge in [-0.05, 0) is 12.5 Å². The van der Waals surface area contributed by atoms with E-state index in [0.29, 0.717) is 5.57 Å².